The normalized spacial score (nSPS) is 20.2. The molecule has 0 unspecified atom stereocenters. The van der Waals surface area contributed by atoms with Crippen LogP contribution in [-0.2, 0) is 9.59 Å². The number of allylic oxidation sites excluding steroid dienone is 2. The number of nitrogens with zero attached hydrogens (tertiary/aromatic N) is 2. The Morgan fingerprint density at radius 1 is 0.867 bits per heavy atom. The lowest BCUT2D eigenvalue weighted by Crippen LogP contribution is -2.52. The van der Waals surface area contributed by atoms with Gasteiger partial charge >= 0.3 is 0 Å². The number of fused-ring (bicyclic) bond motifs is 1. The van der Waals surface area contributed by atoms with Crippen LogP contribution in [0.3, 0.4) is 0 Å². The Bertz CT molecular complexity index is 1010. The first-order valence-corrected chi connectivity index (χ1v) is 10.0. The third kappa shape index (κ3) is 3.66. The highest BCUT2D eigenvalue weighted by Gasteiger charge is 2.51. The van der Waals surface area contributed by atoms with Crippen LogP contribution in [0.1, 0.15) is 33.6 Å². The molecule has 152 valence electrons. The molecule has 0 spiro atoms. The van der Waals surface area contributed by atoms with Crippen molar-refractivity contribution in [2.45, 2.75) is 12.8 Å². The third-order valence-electron chi connectivity index (χ3n) is 5.44. The lowest BCUT2D eigenvalue weighted by atomic mass is 9.85. The van der Waals surface area contributed by atoms with Crippen molar-refractivity contribution >= 4 is 35.1 Å². The van der Waals surface area contributed by atoms with Gasteiger partial charge in [0.25, 0.3) is 17.7 Å². The number of ketones is 1. The molecule has 2 aromatic carbocycles. The van der Waals surface area contributed by atoms with Gasteiger partial charge in [-0.3, -0.25) is 19.2 Å². The summed E-state index contributed by atoms with van der Waals surface area (Å²) in [4.78, 5) is 52.2. The fraction of sp³-hybridized carbons (Fsp3) is 0.217. The van der Waals surface area contributed by atoms with Gasteiger partial charge in [-0.05, 0) is 37.1 Å². The van der Waals surface area contributed by atoms with Crippen LogP contribution < -0.4 is 0 Å². The molecule has 0 radical (unpaired) electrons. The number of imide groups is 1. The number of carbonyl (C=O) groups is 4. The number of hydrogen-bond acceptors (Lipinski definition) is 4. The largest absolute Gasteiger partial charge is 0.292 e. The fourth-order valence-corrected chi connectivity index (χ4v) is 3.97. The molecule has 6 nitrogen and oxygen atoms in total. The second kappa shape index (κ2) is 8.24. The minimum Gasteiger partial charge on any atom is -0.292 e. The zero-order chi connectivity index (χ0) is 21.3. The second-order valence-electron chi connectivity index (χ2n) is 7.30. The summed E-state index contributed by atoms with van der Waals surface area (Å²) in [6, 6.07) is 14.6. The van der Waals surface area contributed by atoms with Crippen molar-refractivity contribution in [3.63, 3.8) is 0 Å². The standard InChI is InChI=1S/C23H19ClN2O4/c24-17-12-10-16(11-13-17)21(28)25(14-20(27)15-6-2-1-3-7-15)26-22(29)18-8-4-5-9-19(18)23(26)30/h1-7,10-13,18-19H,8-9,14H2/t18-,19-/m0/s1. The molecule has 1 saturated heterocycles. The molecular weight excluding hydrogens is 404 g/mol. The number of carbonyl (C=O) groups excluding carboxylic acids is 4. The van der Waals surface area contributed by atoms with Gasteiger partial charge in [0.1, 0.15) is 6.54 Å². The molecule has 2 aromatic rings. The average molecular weight is 423 g/mol. The van der Waals surface area contributed by atoms with E-state index < -0.39 is 36.1 Å². The summed E-state index contributed by atoms with van der Waals surface area (Å²) < 4.78 is 0. The van der Waals surface area contributed by atoms with Gasteiger partial charge in [-0.15, -0.1) is 0 Å². The first-order valence-electron chi connectivity index (χ1n) is 9.66. The molecule has 1 aliphatic carbocycles. The number of Topliss-reactive ketones (excluding diaryl/α,β-unsaturated/α-hetero) is 1. The van der Waals surface area contributed by atoms with Crippen molar-refractivity contribution in [1.29, 1.82) is 0 Å². The number of hydrazine groups is 1. The van der Waals surface area contributed by atoms with Crippen molar-refractivity contribution in [3.8, 4) is 0 Å². The maximum absolute atomic E-state index is 13.3. The van der Waals surface area contributed by atoms with Crippen LogP contribution in [0.2, 0.25) is 5.02 Å². The Kier molecular flexibility index (Phi) is 5.50. The molecule has 0 N–H and O–H groups in total. The maximum atomic E-state index is 13.3. The summed E-state index contributed by atoms with van der Waals surface area (Å²) >= 11 is 5.91. The van der Waals surface area contributed by atoms with Gasteiger partial charge in [-0.1, -0.05) is 54.1 Å². The summed E-state index contributed by atoms with van der Waals surface area (Å²) in [7, 11) is 0. The Labute approximate surface area is 178 Å². The van der Waals surface area contributed by atoms with Crippen LogP contribution >= 0.6 is 11.6 Å². The van der Waals surface area contributed by atoms with E-state index in [-0.39, 0.29) is 11.3 Å². The number of rotatable bonds is 5. The number of hydrogen-bond donors (Lipinski definition) is 0. The molecule has 7 heteroatoms. The highest BCUT2D eigenvalue weighted by Crippen LogP contribution is 2.36. The van der Waals surface area contributed by atoms with Gasteiger partial charge in [0, 0.05) is 16.1 Å². The zero-order valence-electron chi connectivity index (χ0n) is 16.0. The zero-order valence-corrected chi connectivity index (χ0v) is 16.8. The minimum absolute atomic E-state index is 0.230. The average Bonchev–Trinajstić information content (AvgIpc) is 3.03. The Balaban J connectivity index is 1.69. The van der Waals surface area contributed by atoms with Crippen molar-refractivity contribution in [2.75, 3.05) is 6.54 Å². The lowest BCUT2D eigenvalue weighted by molar-refractivity contribution is -0.154. The van der Waals surface area contributed by atoms with Crippen molar-refractivity contribution in [3.05, 3.63) is 82.9 Å². The van der Waals surface area contributed by atoms with E-state index in [0.29, 0.717) is 23.4 Å². The first kappa shape index (κ1) is 20.0. The second-order valence-corrected chi connectivity index (χ2v) is 7.74. The molecule has 1 fully saturated rings. The third-order valence-corrected chi connectivity index (χ3v) is 5.69. The minimum atomic E-state index is -0.607. The van der Waals surface area contributed by atoms with Gasteiger partial charge < -0.3 is 0 Å². The smallest absolute Gasteiger partial charge is 0.273 e. The van der Waals surface area contributed by atoms with Crippen molar-refractivity contribution in [2.24, 2.45) is 11.8 Å². The van der Waals surface area contributed by atoms with Crippen LogP contribution in [0.5, 0.6) is 0 Å². The molecule has 0 bridgehead atoms. The van der Waals surface area contributed by atoms with Crippen molar-refractivity contribution in [1.82, 2.24) is 10.0 Å². The predicted octanol–water partition coefficient (Wildman–Crippen LogP) is 3.53. The first-order chi connectivity index (χ1) is 14.5. The molecular formula is C23H19ClN2O4. The monoisotopic (exact) mass is 422 g/mol. The maximum Gasteiger partial charge on any atom is 0.273 e. The highest BCUT2D eigenvalue weighted by atomic mass is 35.5. The summed E-state index contributed by atoms with van der Waals surface area (Å²) in [6.07, 6.45) is 4.63. The van der Waals surface area contributed by atoms with E-state index in [1.54, 1.807) is 42.5 Å². The molecule has 0 saturated carbocycles. The molecule has 2 atom stereocenters. The molecule has 2 aliphatic rings. The number of amides is 3. The van der Waals surface area contributed by atoms with Crippen LogP contribution in [0.15, 0.2) is 66.7 Å². The number of benzene rings is 2. The summed E-state index contributed by atoms with van der Waals surface area (Å²) in [5.41, 5.74) is 0.624. The molecule has 3 amide bonds. The van der Waals surface area contributed by atoms with Crippen LogP contribution in [0, 0.1) is 11.8 Å². The van der Waals surface area contributed by atoms with E-state index in [9.17, 15) is 19.2 Å². The van der Waals surface area contributed by atoms with E-state index in [1.807, 2.05) is 12.2 Å². The predicted molar refractivity (Wildman–Crippen MR) is 110 cm³/mol. The van der Waals surface area contributed by atoms with E-state index >= 15 is 0 Å². The van der Waals surface area contributed by atoms with Gasteiger partial charge in [0.05, 0.1) is 11.8 Å². The van der Waals surface area contributed by atoms with Crippen LogP contribution in [0.25, 0.3) is 0 Å². The van der Waals surface area contributed by atoms with Gasteiger partial charge in [0.2, 0.25) is 0 Å². The van der Waals surface area contributed by atoms with Gasteiger partial charge in [-0.25, -0.2) is 5.01 Å². The van der Waals surface area contributed by atoms with E-state index in [1.165, 1.54) is 12.1 Å². The Morgan fingerprint density at radius 2 is 1.43 bits per heavy atom. The molecule has 1 aliphatic heterocycles. The summed E-state index contributed by atoms with van der Waals surface area (Å²) in [6.45, 7) is -0.421. The lowest BCUT2D eigenvalue weighted by Gasteiger charge is -2.30. The van der Waals surface area contributed by atoms with E-state index in [2.05, 4.69) is 0 Å². The summed E-state index contributed by atoms with van der Waals surface area (Å²) in [5.74, 6) is -2.88. The molecule has 1 heterocycles. The topological polar surface area (TPSA) is 74.8 Å². The van der Waals surface area contributed by atoms with E-state index in [0.717, 1.165) is 10.0 Å². The molecule has 0 aromatic heterocycles. The highest BCUT2D eigenvalue weighted by molar-refractivity contribution is 6.30. The fourth-order valence-electron chi connectivity index (χ4n) is 3.85. The molecule has 30 heavy (non-hydrogen) atoms. The quantitative estimate of drug-likeness (QED) is 0.419. The van der Waals surface area contributed by atoms with Crippen LogP contribution in [-0.4, -0.2) is 40.1 Å². The van der Waals surface area contributed by atoms with Crippen LogP contribution in [0.4, 0.5) is 0 Å². The van der Waals surface area contributed by atoms with E-state index in [4.69, 9.17) is 11.6 Å². The number of halogens is 1. The summed E-state index contributed by atoms with van der Waals surface area (Å²) in [5, 5.41) is 2.30. The van der Waals surface area contributed by atoms with Crippen molar-refractivity contribution < 1.29 is 19.2 Å². The van der Waals surface area contributed by atoms with Gasteiger partial charge in [0.15, 0.2) is 5.78 Å². The SMILES string of the molecule is O=C(CN(C(=O)c1ccc(Cl)cc1)N1C(=O)[C@H]2CC=CC[C@@H]2C1=O)c1ccccc1. The van der Waals surface area contributed by atoms with Gasteiger partial charge in [-0.2, -0.15) is 5.01 Å². The Hall–Kier alpha value is -3.25. The Morgan fingerprint density at radius 3 is 2.00 bits per heavy atom. The molecule has 4 rings (SSSR count).